The normalized spacial score (nSPS) is 24.0. The Labute approximate surface area is 70.8 Å². The molecule has 1 aliphatic rings. The van der Waals surface area contributed by atoms with E-state index in [1.165, 1.54) is 25.9 Å². The van der Waals surface area contributed by atoms with Gasteiger partial charge in [0.15, 0.2) is 0 Å². The van der Waals surface area contributed by atoms with E-state index in [0.717, 1.165) is 5.92 Å². The van der Waals surface area contributed by atoms with Gasteiger partial charge < -0.3 is 0 Å². The van der Waals surface area contributed by atoms with Crippen LogP contribution in [0.15, 0.2) is 0 Å². The molecular weight excluding hydrogens is 134 g/mol. The molecule has 0 aromatic heterocycles. The summed E-state index contributed by atoms with van der Waals surface area (Å²) in [5.74, 6) is 0.952. The van der Waals surface area contributed by atoms with Gasteiger partial charge in [0.1, 0.15) is 0 Å². The molecule has 0 N–H and O–H groups in total. The Morgan fingerprint density at radius 1 is 1.09 bits per heavy atom. The monoisotopic (exact) mass is 155 g/mol. The minimum atomic E-state index is 0.389. The first-order chi connectivity index (χ1) is 5.00. The van der Waals surface area contributed by atoms with E-state index in [1.807, 2.05) is 0 Å². The zero-order valence-electron chi connectivity index (χ0n) is 8.35. The second-order valence-electron chi connectivity index (χ2n) is 4.84. The lowest BCUT2D eigenvalue weighted by molar-refractivity contribution is 0.0916. The van der Waals surface area contributed by atoms with E-state index >= 15 is 0 Å². The molecule has 1 heteroatoms. The molecule has 1 heterocycles. The van der Waals surface area contributed by atoms with Gasteiger partial charge in [0.2, 0.25) is 0 Å². The lowest BCUT2D eigenvalue weighted by atomic mass is 9.95. The first kappa shape index (κ1) is 9.05. The van der Waals surface area contributed by atoms with Gasteiger partial charge in [0, 0.05) is 5.54 Å². The summed E-state index contributed by atoms with van der Waals surface area (Å²) < 4.78 is 0. The van der Waals surface area contributed by atoms with Gasteiger partial charge in [-0.15, -0.1) is 0 Å². The van der Waals surface area contributed by atoms with Gasteiger partial charge in [-0.1, -0.05) is 6.92 Å². The first-order valence-electron chi connectivity index (χ1n) is 4.75. The molecule has 1 aliphatic heterocycles. The summed E-state index contributed by atoms with van der Waals surface area (Å²) in [5.41, 5.74) is 0.389. The fourth-order valence-corrected chi connectivity index (χ4v) is 1.68. The molecular formula is C10H21N. The van der Waals surface area contributed by atoms with Gasteiger partial charge >= 0.3 is 0 Å². The summed E-state index contributed by atoms with van der Waals surface area (Å²) >= 11 is 0. The highest BCUT2D eigenvalue weighted by Gasteiger charge is 2.24. The molecule has 1 fully saturated rings. The van der Waals surface area contributed by atoms with Crippen molar-refractivity contribution in [2.75, 3.05) is 13.1 Å². The van der Waals surface area contributed by atoms with E-state index in [9.17, 15) is 0 Å². The molecule has 0 spiro atoms. The van der Waals surface area contributed by atoms with E-state index < -0.39 is 0 Å². The van der Waals surface area contributed by atoms with Crippen LogP contribution in [-0.4, -0.2) is 23.5 Å². The molecule has 0 aromatic rings. The molecule has 0 aromatic carbocycles. The predicted octanol–water partition coefficient (Wildman–Crippen LogP) is 2.52. The van der Waals surface area contributed by atoms with Crippen LogP contribution >= 0.6 is 0 Å². The number of likely N-dealkylation sites (tertiary alicyclic amines) is 1. The second kappa shape index (κ2) is 3.14. The Hall–Kier alpha value is -0.0400. The molecule has 0 unspecified atom stereocenters. The van der Waals surface area contributed by atoms with Gasteiger partial charge in [-0.3, -0.25) is 4.90 Å². The minimum absolute atomic E-state index is 0.389. The molecule has 0 atom stereocenters. The van der Waals surface area contributed by atoms with Crippen LogP contribution in [0.3, 0.4) is 0 Å². The number of nitrogens with zero attached hydrogens (tertiary/aromatic N) is 1. The van der Waals surface area contributed by atoms with Crippen molar-refractivity contribution in [1.82, 2.24) is 4.90 Å². The number of hydrogen-bond acceptors (Lipinski definition) is 1. The second-order valence-corrected chi connectivity index (χ2v) is 4.84. The smallest absolute Gasteiger partial charge is 0.0125 e. The van der Waals surface area contributed by atoms with Crippen LogP contribution in [0.25, 0.3) is 0 Å². The molecule has 1 rings (SSSR count). The molecule has 0 radical (unpaired) electrons. The average Bonchev–Trinajstić information content (AvgIpc) is 1.86. The topological polar surface area (TPSA) is 3.24 Å². The van der Waals surface area contributed by atoms with Crippen molar-refractivity contribution < 1.29 is 0 Å². The Bertz CT molecular complexity index is 115. The van der Waals surface area contributed by atoms with Gasteiger partial charge in [-0.05, 0) is 52.6 Å². The maximum atomic E-state index is 2.59. The number of hydrogen-bond donors (Lipinski definition) is 0. The molecule has 11 heavy (non-hydrogen) atoms. The molecule has 1 saturated heterocycles. The fourth-order valence-electron chi connectivity index (χ4n) is 1.68. The summed E-state index contributed by atoms with van der Waals surface area (Å²) in [4.78, 5) is 2.59. The summed E-state index contributed by atoms with van der Waals surface area (Å²) in [6.07, 6.45) is 2.77. The van der Waals surface area contributed by atoms with E-state index in [-0.39, 0.29) is 0 Å². The minimum Gasteiger partial charge on any atom is -0.298 e. The van der Waals surface area contributed by atoms with Crippen molar-refractivity contribution in [3.05, 3.63) is 0 Å². The molecule has 1 nitrogen and oxygen atoms in total. The third-order valence-electron chi connectivity index (χ3n) is 2.73. The fraction of sp³-hybridized carbons (Fsp3) is 1.00. The predicted molar refractivity (Wildman–Crippen MR) is 49.7 cm³/mol. The van der Waals surface area contributed by atoms with Gasteiger partial charge in [-0.25, -0.2) is 0 Å². The van der Waals surface area contributed by atoms with Crippen molar-refractivity contribution >= 4 is 0 Å². The maximum absolute atomic E-state index is 2.59. The SMILES string of the molecule is CC1CCN(C(C)(C)C)CC1. The van der Waals surface area contributed by atoms with Crippen LogP contribution in [-0.2, 0) is 0 Å². The first-order valence-corrected chi connectivity index (χ1v) is 4.75. The van der Waals surface area contributed by atoms with Crippen LogP contribution in [0.2, 0.25) is 0 Å². The highest BCUT2D eigenvalue weighted by Crippen LogP contribution is 2.22. The van der Waals surface area contributed by atoms with Crippen LogP contribution in [0.1, 0.15) is 40.5 Å². The van der Waals surface area contributed by atoms with Crippen LogP contribution < -0.4 is 0 Å². The molecule has 0 saturated carbocycles. The Morgan fingerprint density at radius 2 is 1.55 bits per heavy atom. The van der Waals surface area contributed by atoms with Crippen molar-refractivity contribution in [3.63, 3.8) is 0 Å². The summed E-state index contributed by atoms with van der Waals surface area (Å²) in [6, 6.07) is 0. The summed E-state index contributed by atoms with van der Waals surface area (Å²) in [5, 5.41) is 0. The quantitative estimate of drug-likeness (QED) is 0.519. The number of piperidine rings is 1. The van der Waals surface area contributed by atoms with Gasteiger partial charge in [-0.2, -0.15) is 0 Å². The number of rotatable bonds is 0. The highest BCUT2D eigenvalue weighted by atomic mass is 15.2. The van der Waals surface area contributed by atoms with Gasteiger partial charge in [0.25, 0.3) is 0 Å². The molecule has 0 aliphatic carbocycles. The lowest BCUT2D eigenvalue weighted by Crippen LogP contribution is -2.45. The van der Waals surface area contributed by atoms with Crippen molar-refractivity contribution in [2.24, 2.45) is 5.92 Å². The van der Waals surface area contributed by atoms with Crippen LogP contribution in [0, 0.1) is 5.92 Å². The van der Waals surface area contributed by atoms with Gasteiger partial charge in [0.05, 0.1) is 0 Å². The van der Waals surface area contributed by atoms with E-state index in [4.69, 9.17) is 0 Å². The third kappa shape index (κ3) is 2.48. The van der Waals surface area contributed by atoms with Crippen LogP contribution in [0.4, 0.5) is 0 Å². The van der Waals surface area contributed by atoms with Crippen molar-refractivity contribution in [3.8, 4) is 0 Å². The summed E-state index contributed by atoms with van der Waals surface area (Å²) in [6.45, 7) is 11.9. The Balaban J connectivity index is 2.39. The van der Waals surface area contributed by atoms with Crippen molar-refractivity contribution in [1.29, 1.82) is 0 Å². The largest absolute Gasteiger partial charge is 0.298 e. The van der Waals surface area contributed by atoms with E-state index in [2.05, 4.69) is 32.6 Å². The average molecular weight is 155 g/mol. The van der Waals surface area contributed by atoms with Crippen molar-refractivity contribution in [2.45, 2.75) is 46.1 Å². The molecule has 0 bridgehead atoms. The standard InChI is InChI=1S/C10H21N/c1-9-5-7-11(8-6-9)10(2,3)4/h9H,5-8H2,1-4H3. The summed E-state index contributed by atoms with van der Waals surface area (Å²) in [7, 11) is 0. The Morgan fingerprint density at radius 3 is 1.91 bits per heavy atom. The lowest BCUT2D eigenvalue weighted by Gasteiger charge is -2.40. The third-order valence-corrected chi connectivity index (χ3v) is 2.73. The Kier molecular flexibility index (Phi) is 2.58. The van der Waals surface area contributed by atoms with E-state index in [0.29, 0.717) is 5.54 Å². The molecule has 66 valence electrons. The maximum Gasteiger partial charge on any atom is 0.0125 e. The van der Waals surface area contributed by atoms with Crippen LogP contribution in [0.5, 0.6) is 0 Å². The molecule has 0 amide bonds. The van der Waals surface area contributed by atoms with E-state index in [1.54, 1.807) is 0 Å². The zero-order chi connectivity index (χ0) is 8.48. The highest BCUT2D eigenvalue weighted by molar-refractivity contribution is 4.80. The zero-order valence-corrected chi connectivity index (χ0v) is 8.35.